The highest BCUT2D eigenvalue weighted by atomic mass is 16.5. The van der Waals surface area contributed by atoms with Crippen molar-refractivity contribution in [3.05, 3.63) is 59.5 Å². The number of ether oxygens (including phenoxy) is 1. The number of furan rings is 1. The van der Waals surface area contributed by atoms with Crippen molar-refractivity contribution in [2.75, 3.05) is 6.61 Å². The third kappa shape index (κ3) is 4.02. The molecule has 0 saturated heterocycles. The fourth-order valence-corrected chi connectivity index (χ4v) is 1.72. The lowest BCUT2D eigenvalue weighted by molar-refractivity contribution is 0.134. The zero-order valence-corrected chi connectivity index (χ0v) is 10.7. The van der Waals surface area contributed by atoms with Gasteiger partial charge in [0.05, 0.1) is 19.4 Å². The summed E-state index contributed by atoms with van der Waals surface area (Å²) in [6.07, 6.45) is 1.69. The summed E-state index contributed by atoms with van der Waals surface area (Å²) in [5.74, 6) is 0.961. The minimum absolute atomic E-state index is 0.691. The Morgan fingerprint density at radius 3 is 2.50 bits per heavy atom. The number of hydrogen-bond donors (Lipinski definition) is 1. The summed E-state index contributed by atoms with van der Waals surface area (Å²) in [6.45, 7) is 5.05. The van der Waals surface area contributed by atoms with Gasteiger partial charge in [0.1, 0.15) is 5.76 Å². The Bertz CT molecular complexity index is 434. The van der Waals surface area contributed by atoms with Crippen molar-refractivity contribution < 1.29 is 9.15 Å². The highest BCUT2D eigenvalue weighted by Crippen LogP contribution is 2.06. The molecule has 0 saturated carbocycles. The molecule has 0 bridgehead atoms. The molecule has 1 N–H and O–H groups in total. The molecular formula is C15H19NO2. The third-order valence-electron chi connectivity index (χ3n) is 2.70. The van der Waals surface area contributed by atoms with E-state index in [-0.39, 0.29) is 0 Å². The first-order chi connectivity index (χ1) is 8.88. The smallest absolute Gasteiger partial charge is 0.117 e. The second-order valence-corrected chi connectivity index (χ2v) is 4.14. The second kappa shape index (κ2) is 6.99. The average Bonchev–Trinajstić information content (AvgIpc) is 2.91. The molecule has 1 aromatic carbocycles. The summed E-state index contributed by atoms with van der Waals surface area (Å²) in [7, 11) is 0. The number of nitrogens with one attached hydrogen (secondary N) is 1. The maximum atomic E-state index is 5.36. The molecule has 18 heavy (non-hydrogen) atoms. The fourth-order valence-electron chi connectivity index (χ4n) is 1.72. The van der Waals surface area contributed by atoms with Crippen LogP contribution in [0.4, 0.5) is 0 Å². The molecule has 2 rings (SSSR count). The van der Waals surface area contributed by atoms with E-state index in [9.17, 15) is 0 Å². The molecule has 0 fully saturated rings. The van der Waals surface area contributed by atoms with Crippen LogP contribution in [0.25, 0.3) is 0 Å². The molecule has 0 amide bonds. The zero-order valence-electron chi connectivity index (χ0n) is 10.7. The maximum absolute atomic E-state index is 5.36. The van der Waals surface area contributed by atoms with Crippen molar-refractivity contribution in [3.63, 3.8) is 0 Å². The molecular weight excluding hydrogens is 226 g/mol. The van der Waals surface area contributed by atoms with Crippen LogP contribution in [-0.4, -0.2) is 6.61 Å². The van der Waals surface area contributed by atoms with Crippen molar-refractivity contribution >= 4 is 0 Å². The first-order valence-electron chi connectivity index (χ1n) is 6.27. The van der Waals surface area contributed by atoms with Gasteiger partial charge in [0.2, 0.25) is 0 Å². The summed E-state index contributed by atoms with van der Waals surface area (Å²) >= 11 is 0. The molecule has 96 valence electrons. The largest absolute Gasteiger partial charge is 0.468 e. The van der Waals surface area contributed by atoms with Gasteiger partial charge in [-0.1, -0.05) is 24.3 Å². The quantitative estimate of drug-likeness (QED) is 0.814. The molecule has 3 nitrogen and oxygen atoms in total. The van der Waals surface area contributed by atoms with E-state index in [0.29, 0.717) is 6.61 Å². The predicted octanol–water partition coefficient (Wildman–Crippen LogP) is 3.11. The lowest BCUT2D eigenvalue weighted by atomic mass is 10.1. The Hall–Kier alpha value is -1.58. The number of benzene rings is 1. The maximum Gasteiger partial charge on any atom is 0.117 e. The minimum Gasteiger partial charge on any atom is -0.468 e. The molecule has 0 unspecified atom stereocenters. The van der Waals surface area contributed by atoms with Crippen molar-refractivity contribution in [3.8, 4) is 0 Å². The molecule has 0 aliphatic rings. The minimum atomic E-state index is 0.691. The van der Waals surface area contributed by atoms with E-state index in [1.54, 1.807) is 6.26 Å². The highest BCUT2D eigenvalue weighted by molar-refractivity contribution is 5.22. The third-order valence-corrected chi connectivity index (χ3v) is 2.70. The van der Waals surface area contributed by atoms with Crippen LogP contribution in [0.2, 0.25) is 0 Å². The van der Waals surface area contributed by atoms with Gasteiger partial charge in [-0.25, -0.2) is 0 Å². The van der Waals surface area contributed by atoms with Gasteiger partial charge < -0.3 is 14.5 Å². The van der Waals surface area contributed by atoms with E-state index < -0.39 is 0 Å². The Kier molecular flexibility index (Phi) is 5.00. The van der Waals surface area contributed by atoms with Gasteiger partial charge in [0.25, 0.3) is 0 Å². The molecule has 0 aliphatic carbocycles. The monoisotopic (exact) mass is 245 g/mol. The molecule has 0 spiro atoms. The van der Waals surface area contributed by atoms with Gasteiger partial charge in [0, 0.05) is 13.2 Å². The van der Waals surface area contributed by atoms with Crippen molar-refractivity contribution in [2.45, 2.75) is 26.6 Å². The van der Waals surface area contributed by atoms with Crippen LogP contribution in [0.15, 0.2) is 47.1 Å². The molecule has 0 radical (unpaired) electrons. The van der Waals surface area contributed by atoms with Gasteiger partial charge >= 0.3 is 0 Å². The van der Waals surface area contributed by atoms with Gasteiger partial charge in [-0.2, -0.15) is 0 Å². The molecule has 0 atom stereocenters. The summed E-state index contributed by atoms with van der Waals surface area (Å²) in [5, 5.41) is 3.34. The van der Waals surface area contributed by atoms with E-state index in [0.717, 1.165) is 25.5 Å². The van der Waals surface area contributed by atoms with Crippen molar-refractivity contribution in [1.82, 2.24) is 5.32 Å². The summed E-state index contributed by atoms with van der Waals surface area (Å²) in [4.78, 5) is 0. The number of rotatable bonds is 7. The van der Waals surface area contributed by atoms with E-state index in [2.05, 4.69) is 29.6 Å². The van der Waals surface area contributed by atoms with Gasteiger partial charge in [-0.3, -0.25) is 0 Å². The second-order valence-electron chi connectivity index (χ2n) is 4.14. The Balaban J connectivity index is 1.75. The lowest BCUT2D eigenvalue weighted by Gasteiger charge is -2.05. The van der Waals surface area contributed by atoms with E-state index in [4.69, 9.17) is 9.15 Å². The van der Waals surface area contributed by atoms with Crippen LogP contribution in [0.1, 0.15) is 23.8 Å². The first-order valence-corrected chi connectivity index (χ1v) is 6.27. The zero-order chi connectivity index (χ0) is 12.6. The SMILES string of the molecule is CCOCc1ccc(CNCc2ccco2)cc1. The van der Waals surface area contributed by atoms with E-state index >= 15 is 0 Å². The molecule has 3 heteroatoms. The lowest BCUT2D eigenvalue weighted by Crippen LogP contribution is -2.12. The van der Waals surface area contributed by atoms with Crippen LogP contribution in [-0.2, 0) is 24.4 Å². The predicted molar refractivity (Wildman–Crippen MR) is 71.0 cm³/mol. The van der Waals surface area contributed by atoms with Crippen LogP contribution < -0.4 is 5.32 Å². The summed E-state index contributed by atoms with van der Waals surface area (Å²) in [6, 6.07) is 12.4. The average molecular weight is 245 g/mol. The Morgan fingerprint density at radius 1 is 1.06 bits per heavy atom. The molecule has 1 aromatic heterocycles. The molecule has 0 aliphatic heterocycles. The van der Waals surface area contributed by atoms with E-state index in [1.165, 1.54) is 11.1 Å². The normalized spacial score (nSPS) is 10.7. The van der Waals surface area contributed by atoms with Gasteiger partial charge in [0.15, 0.2) is 0 Å². The van der Waals surface area contributed by atoms with Gasteiger partial charge in [-0.05, 0) is 30.2 Å². The molecule has 1 heterocycles. The number of hydrogen-bond acceptors (Lipinski definition) is 3. The van der Waals surface area contributed by atoms with Crippen LogP contribution in [0, 0.1) is 0 Å². The van der Waals surface area contributed by atoms with Crippen LogP contribution >= 0.6 is 0 Å². The topological polar surface area (TPSA) is 34.4 Å². The van der Waals surface area contributed by atoms with Crippen molar-refractivity contribution in [1.29, 1.82) is 0 Å². The summed E-state index contributed by atoms with van der Waals surface area (Å²) < 4.78 is 10.6. The molecule has 2 aromatic rings. The summed E-state index contributed by atoms with van der Waals surface area (Å²) in [5.41, 5.74) is 2.48. The fraction of sp³-hybridized carbons (Fsp3) is 0.333. The highest BCUT2D eigenvalue weighted by Gasteiger charge is 1.97. The Morgan fingerprint density at radius 2 is 1.83 bits per heavy atom. The van der Waals surface area contributed by atoms with E-state index in [1.807, 2.05) is 19.1 Å². The standard InChI is InChI=1S/C15H19NO2/c1-2-17-12-14-7-5-13(6-8-14)10-16-11-15-4-3-9-18-15/h3-9,16H,2,10-12H2,1H3. The van der Waals surface area contributed by atoms with Crippen LogP contribution in [0.5, 0.6) is 0 Å². The van der Waals surface area contributed by atoms with Crippen LogP contribution in [0.3, 0.4) is 0 Å². The van der Waals surface area contributed by atoms with Crippen molar-refractivity contribution in [2.24, 2.45) is 0 Å². The first kappa shape index (κ1) is 12.9. The Labute approximate surface area is 108 Å². The van der Waals surface area contributed by atoms with Gasteiger partial charge in [-0.15, -0.1) is 0 Å².